The fourth-order valence-electron chi connectivity index (χ4n) is 1.94. The van der Waals surface area contributed by atoms with Gasteiger partial charge in [0.1, 0.15) is 0 Å². The molecule has 80 valence electrons. The van der Waals surface area contributed by atoms with E-state index >= 15 is 0 Å². The number of halogens is 1. The van der Waals surface area contributed by atoms with Crippen LogP contribution in [0.25, 0.3) is 0 Å². The first kappa shape index (κ1) is 10.2. The zero-order valence-electron chi connectivity index (χ0n) is 8.53. The van der Waals surface area contributed by atoms with Crippen LogP contribution in [-0.4, -0.2) is 23.9 Å². The lowest BCUT2D eigenvalue weighted by atomic mass is 9.90. The van der Waals surface area contributed by atoms with Gasteiger partial charge in [-0.05, 0) is 18.5 Å². The van der Waals surface area contributed by atoms with Crippen LogP contribution in [-0.2, 0) is 0 Å². The third-order valence-corrected chi connectivity index (χ3v) is 2.89. The Kier molecular flexibility index (Phi) is 2.77. The second-order valence-electron chi connectivity index (χ2n) is 3.96. The first-order valence-corrected chi connectivity index (χ1v) is 5.04. The van der Waals surface area contributed by atoms with Crippen molar-refractivity contribution in [1.82, 2.24) is 10.3 Å². The molecule has 1 fully saturated rings. The van der Waals surface area contributed by atoms with Crippen LogP contribution in [0.4, 0.5) is 4.39 Å². The van der Waals surface area contributed by atoms with Gasteiger partial charge < -0.3 is 5.32 Å². The predicted octanol–water partition coefficient (Wildman–Crippen LogP) is 1.26. The van der Waals surface area contributed by atoms with E-state index in [1.807, 2.05) is 6.92 Å². The topological polar surface area (TPSA) is 42.0 Å². The Morgan fingerprint density at radius 1 is 1.60 bits per heavy atom. The van der Waals surface area contributed by atoms with Gasteiger partial charge in [0.2, 0.25) is 0 Å². The summed E-state index contributed by atoms with van der Waals surface area (Å²) in [6.07, 6.45) is 2.53. The van der Waals surface area contributed by atoms with E-state index in [1.165, 1.54) is 12.3 Å². The molecule has 0 saturated carbocycles. The number of carbonyl (C=O) groups excluding carboxylic acids is 1. The maximum Gasteiger partial charge on any atom is 0.170 e. The van der Waals surface area contributed by atoms with Gasteiger partial charge in [-0.3, -0.25) is 9.78 Å². The van der Waals surface area contributed by atoms with E-state index in [0.29, 0.717) is 6.54 Å². The zero-order valence-corrected chi connectivity index (χ0v) is 8.53. The molecular weight excluding hydrogens is 195 g/mol. The highest BCUT2D eigenvalue weighted by atomic mass is 19.1. The van der Waals surface area contributed by atoms with Crippen molar-refractivity contribution in [3.63, 3.8) is 0 Å². The zero-order chi connectivity index (χ0) is 10.8. The molecule has 4 heteroatoms. The molecule has 1 aliphatic rings. The smallest absolute Gasteiger partial charge is 0.170 e. The molecule has 1 aliphatic heterocycles. The largest absolute Gasteiger partial charge is 0.316 e. The maximum absolute atomic E-state index is 13.3. The maximum atomic E-state index is 13.3. The molecule has 1 aromatic heterocycles. The minimum absolute atomic E-state index is 0.109. The van der Waals surface area contributed by atoms with Gasteiger partial charge in [-0.25, -0.2) is 4.39 Å². The van der Waals surface area contributed by atoms with Crippen LogP contribution in [0, 0.1) is 17.7 Å². The van der Waals surface area contributed by atoms with Gasteiger partial charge in [-0.15, -0.1) is 0 Å². The van der Waals surface area contributed by atoms with Crippen LogP contribution in [0.3, 0.4) is 0 Å². The summed E-state index contributed by atoms with van der Waals surface area (Å²) in [5.74, 6) is -0.485. The lowest BCUT2D eigenvalue weighted by Gasteiger charge is -2.12. The Morgan fingerprint density at radius 2 is 2.40 bits per heavy atom. The highest BCUT2D eigenvalue weighted by Gasteiger charge is 2.31. The molecule has 15 heavy (non-hydrogen) atoms. The van der Waals surface area contributed by atoms with E-state index in [4.69, 9.17) is 0 Å². The molecule has 0 radical (unpaired) electrons. The summed E-state index contributed by atoms with van der Waals surface area (Å²) in [4.78, 5) is 15.6. The molecule has 2 rings (SSSR count). The van der Waals surface area contributed by atoms with Crippen molar-refractivity contribution >= 4 is 5.78 Å². The van der Waals surface area contributed by atoms with E-state index in [-0.39, 0.29) is 23.2 Å². The molecule has 0 aliphatic carbocycles. The van der Waals surface area contributed by atoms with Crippen LogP contribution in [0.15, 0.2) is 18.5 Å². The average Bonchev–Trinajstić information content (AvgIpc) is 2.64. The molecule has 3 nitrogen and oxygen atoms in total. The number of rotatable bonds is 2. The van der Waals surface area contributed by atoms with Crippen molar-refractivity contribution < 1.29 is 9.18 Å². The molecule has 0 bridgehead atoms. The quantitative estimate of drug-likeness (QED) is 0.744. The average molecular weight is 208 g/mol. The number of nitrogens with one attached hydrogen (secondary N) is 1. The van der Waals surface area contributed by atoms with E-state index in [1.54, 1.807) is 0 Å². The number of aromatic nitrogens is 1. The fraction of sp³-hybridized carbons (Fsp3) is 0.455. The molecule has 0 spiro atoms. The summed E-state index contributed by atoms with van der Waals surface area (Å²) in [5.41, 5.74) is 0.158. The van der Waals surface area contributed by atoms with E-state index in [0.717, 1.165) is 12.7 Å². The monoisotopic (exact) mass is 208 g/mol. The van der Waals surface area contributed by atoms with Gasteiger partial charge in [0, 0.05) is 18.7 Å². The standard InChI is InChI=1S/C11H13FN2O/c1-7-4-14-5-9(7)11(15)8-2-3-13-6-10(8)12/h2-3,6-7,9,14H,4-5H2,1H3. The third kappa shape index (κ3) is 1.90. The first-order valence-electron chi connectivity index (χ1n) is 5.04. The molecule has 1 aromatic rings. The van der Waals surface area contributed by atoms with E-state index in [9.17, 15) is 9.18 Å². The number of hydrogen-bond donors (Lipinski definition) is 1. The van der Waals surface area contributed by atoms with Crippen LogP contribution >= 0.6 is 0 Å². The summed E-state index contributed by atoms with van der Waals surface area (Å²) < 4.78 is 13.3. The van der Waals surface area contributed by atoms with Gasteiger partial charge in [-0.2, -0.15) is 0 Å². The summed E-state index contributed by atoms with van der Waals surface area (Å²) in [7, 11) is 0. The number of carbonyl (C=O) groups is 1. The van der Waals surface area contributed by atoms with Crippen molar-refractivity contribution in [2.24, 2.45) is 11.8 Å². The molecule has 1 N–H and O–H groups in total. The number of nitrogens with zero attached hydrogens (tertiary/aromatic N) is 1. The Hall–Kier alpha value is -1.29. The van der Waals surface area contributed by atoms with Crippen LogP contribution in [0.5, 0.6) is 0 Å². The minimum Gasteiger partial charge on any atom is -0.316 e. The Labute approximate surface area is 87.7 Å². The second-order valence-corrected chi connectivity index (χ2v) is 3.96. The van der Waals surface area contributed by atoms with Crippen LogP contribution in [0.1, 0.15) is 17.3 Å². The second kappa shape index (κ2) is 4.06. The van der Waals surface area contributed by atoms with Gasteiger partial charge in [0.05, 0.1) is 11.8 Å². The van der Waals surface area contributed by atoms with E-state index in [2.05, 4.69) is 10.3 Å². The molecule has 0 amide bonds. The SMILES string of the molecule is CC1CNCC1C(=O)c1ccncc1F. The van der Waals surface area contributed by atoms with Crippen LogP contribution in [0.2, 0.25) is 0 Å². The Morgan fingerprint density at radius 3 is 3.00 bits per heavy atom. The van der Waals surface area contributed by atoms with Crippen molar-refractivity contribution in [3.8, 4) is 0 Å². The predicted molar refractivity (Wildman–Crippen MR) is 54.0 cm³/mol. The van der Waals surface area contributed by atoms with Crippen molar-refractivity contribution in [2.45, 2.75) is 6.92 Å². The Bertz CT molecular complexity index is 381. The molecular formula is C11H13FN2O. The minimum atomic E-state index is -0.526. The third-order valence-electron chi connectivity index (χ3n) is 2.89. The van der Waals surface area contributed by atoms with Gasteiger partial charge in [0.25, 0.3) is 0 Å². The molecule has 0 aromatic carbocycles. The van der Waals surface area contributed by atoms with E-state index < -0.39 is 5.82 Å². The summed E-state index contributed by atoms with van der Waals surface area (Å²) in [6, 6.07) is 1.45. The number of hydrogen-bond acceptors (Lipinski definition) is 3. The summed E-state index contributed by atoms with van der Waals surface area (Å²) in [5, 5.41) is 3.13. The summed E-state index contributed by atoms with van der Waals surface area (Å²) >= 11 is 0. The number of pyridine rings is 1. The van der Waals surface area contributed by atoms with Crippen molar-refractivity contribution in [3.05, 3.63) is 29.8 Å². The fourth-order valence-corrected chi connectivity index (χ4v) is 1.94. The lowest BCUT2D eigenvalue weighted by Crippen LogP contribution is -2.22. The molecule has 2 atom stereocenters. The Balaban J connectivity index is 2.24. The van der Waals surface area contributed by atoms with Gasteiger partial charge in [-0.1, -0.05) is 6.92 Å². The van der Waals surface area contributed by atoms with Crippen molar-refractivity contribution in [2.75, 3.05) is 13.1 Å². The van der Waals surface area contributed by atoms with Gasteiger partial charge >= 0.3 is 0 Å². The molecule has 2 unspecified atom stereocenters. The van der Waals surface area contributed by atoms with Crippen LogP contribution < -0.4 is 5.32 Å². The number of Topliss-reactive ketones (excluding diaryl/α,β-unsaturated/α-hetero) is 1. The lowest BCUT2D eigenvalue weighted by molar-refractivity contribution is 0.0903. The van der Waals surface area contributed by atoms with Gasteiger partial charge in [0.15, 0.2) is 11.6 Å². The highest BCUT2D eigenvalue weighted by molar-refractivity contribution is 5.98. The normalized spacial score (nSPS) is 25.5. The van der Waals surface area contributed by atoms with Crippen molar-refractivity contribution in [1.29, 1.82) is 0 Å². The molecule has 1 saturated heterocycles. The highest BCUT2D eigenvalue weighted by Crippen LogP contribution is 2.21. The molecule has 2 heterocycles. The number of ketones is 1. The first-order chi connectivity index (χ1) is 7.20. The summed E-state index contributed by atoms with van der Waals surface area (Å²) in [6.45, 7) is 3.46.